The van der Waals surface area contributed by atoms with E-state index in [0.717, 1.165) is 36.5 Å². The van der Waals surface area contributed by atoms with Crippen molar-refractivity contribution in [1.82, 2.24) is 15.4 Å². The van der Waals surface area contributed by atoms with E-state index in [0.29, 0.717) is 59.2 Å². The number of morpholine rings is 1. The van der Waals surface area contributed by atoms with E-state index in [1.54, 1.807) is 19.2 Å². The van der Waals surface area contributed by atoms with E-state index in [2.05, 4.69) is 15.4 Å². The van der Waals surface area contributed by atoms with Gasteiger partial charge in [-0.25, -0.2) is 4.39 Å². The monoisotopic (exact) mass is 493 g/mol. The maximum Gasteiger partial charge on any atom is 0.255 e. The summed E-state index contributed by atoms with van der Waals surface area (Å²) in [5, 5.41) is 7.40. The lowest BCUT2D eigenvalue weighted by Gasteiger charge is -2.26. The molecule has 2 aromatic carbocycles. The molecule has 9 heteroatoms. The molecule has 8 nitrogen and oxygen atoms in total. The minimum absolute atomic E-state index is 0.308. The van der Waals surface area contributed by atoms with E-state index in [-0.39, 0.29) is 11.7 Å². The summed E-state index contributed by atoms with van der Waals surface area (Å²) >= 11 is 0. The van der Waals surface area contributed by atoms with Gasteiger partial charge in [0.05, 0.1) is 30.0 Å². The number of benzene rings is 2. The number of halogens is 1. The molecule has 4 aromatic rings. The highest BCUT2D eigenvalue weighted by Gasteiger charge is 2.25. The quantitative estimate of drug-likeness (QED) is 0.403. The first-order valence-electron chi connectivity index (χ1n) is 11.9. The summed E-state index contributed by atoms with van der Waals surface area (Å²) in [4.78, 5) is 15.3. The SMILES string of the molecule is CNC(=O)c1c(-c2ccc(F)cc2)oc2cc(-c3c(C)noc3C)c(OCCN3CCOCC3)cc12. The number of amides is 1. The molecule has 1 fully saturated rings. The molecule has 0 bridgehead atoms. The molecule has 1 saturated heterocycles. The van der Waals surface area contributed by atoms with Crippen molar-refractivity contribution < 1.29 is 27.6 Å². The second-order valence-corrected chi connectivity index (χ2v) is 8.74. The predicted octanol–water partition coefficient (Wildman–Crippen LogP) is 4.58. The second-order valence-electron chi connectivity index (χ2n) is 8.74. The largest absolute Gasteiger partial charge is 0.492 e. The van der Waals surface area contributed by atoms with Crippen LogP contribution in [0, 0.1) is 19.7 Å². The number of rotatable bonds is 7. The fourth-order valence-electron chi connectivity index (χ4n) is 4.57. The Hall–Kier alpha value is -3.69. The van der Waals surface area contributed by atoms with Gasteiger partial charge in [0, 0.05) is 43.2 Å². The van der Waals surface area contributed by atoms with Crippen molar-refractivity contribution in [3.63, 3.8) is 0 Å². The van der Waals surface area contributed by atoms with E-state index in [4.69, 9.17) is 18.4 Å². The van der Waals surface area contributed by atoms with Crippen LogP contribution in [0.1, 0.15) is 21.8 Å². The molecule has 1 aliphatic heterocycles. The van der Waals surface area contributed by atoms with Crippen LogP contribution in [0.3, 0.4) is 0 Å². The number of carbonyl (C=O) groups excluding carboxylic acids is 1. The molecule has 1 N–H and O–H groups in total. The number of ether oxygens (including phenoxy) is 2. The van der Waals surface area contributed by atoms with E-state index in [1.807, 2.05) is 26.0 Å². The molecule has 188 valence electrons. The van der Waals surface area contributed by atoms with Crippen molar-refractivity contribution >= 4 is 16.9 Å². The van der Waals surface area contributed by atoms with Gasteiger partial charge in [-0.2, -0.15) is 0 Å². The molecule has 0 spiro atoms. The molecule has 5 rings (SSSR count). The van der Waals surface area contributed by atoms with E-state index >= 15 is 0 Å². The molecule has 0 unspecified atom stereocenters. The third-order valence-corrected chi connectivity index (χ3v) is 6.42. The van der Waals surface area contributed by atoms with Crippen molar-refractivity contribution in [3.05, 3.63) is 59.2 Å². The van der Waals surface area contributed by atoms with Crippen LogP contribution in [-0.2, 0) is 4.74 Å². The summed E-state index contributed by atoms with van der Waals surface area (Å²) in [5.41, 5.74) is 3.77. The first-order valence-corrected chi connectivity index (χ1v) is 11.9. The molecule has 1 aliphatic rings. The highest BCUT2D eigenvalue weighted by atomic mass is 19.1. The number of nitrogens with zero attached hydrogens (tertiary/aromatic N) is 2. The maximum absolute atomic E-state index is 13.6. The zero-order valence-electron chi connectivity index (χ0n) is 20.5. The van der Waals surface area contributed by atoms with Crippen molar-refractivity contribution in [2.75, 3.05) is 46.5 Å². The zero-order valence-corrected chi connectivity index (χ0v) is 20.5. The Kier molecular flexibility index (Phi) is 6.75. The normalized spacial score (nSPS) is 14.3. The molecular formula is C27H28FN3O5. The lowest BCUT2D eigenvalue weighted by Crippen LogP contribution is -2.38. The number of carbonyl (C=O) groups is 1. The van der Waals surface area contributed by atoms with Crippen LogP contribution in [0.2, 0.25) is 0 Å². The average Bonchev–Trinajstić information content (AvgIpc) is 3.43. The highest BCUT2D eigenvalue weighted by Crippen LogP contribution is 2.42. The van der Waals surface area contributed by atoms with Gasteiger partial charge in [0.1, 0.15) is 35.3 Å². The van der Waals surface area contributed by atoms with E-state index < -0.39 is 0 Å². The van der Waals surface area contributed by atoms with Crippen LogP contribution in [0.15, 0.2) is 45.3 Å². The topological polar surface area (TPSA) is 90.0 Å². The highest BCUT2D eigenvalue weighted by molar-refractivity contribution is 6.12. The van der Waals surface area contributed by atoms with Crippen LogP contribution < -0.4 is 10.1 Å². The summed E-state index contributed by atoms with van der Waals surface area (Å²) in [6.07, 6.45) is 0. The minimum Gasteiger partial charge on any atom is -0.492 e. The third-order valence-electron chi connectivity index (χ3n) is 6.42. The number of hydrogen-bond donors (Lipinski definition) is 1. The van der Waals surface area contributed by atoms with Gasteiger partial charge < -0.3 is 23.7 Å². The van der Waals surface area contributed by atoms with Crippen molar-refractivity contribution in [3.8, 4) is 28.2 Å². The van der Waals surface area contributed by atoms with Crippen LogP contribution >= 0.6 is 0 Å². The van der Waals surface area contributed by atoms with Crippen molar-refractivity contribution in [2.24, 2.45) is 0 Å². The van der Waals surface area contributed by atoms with E-state index in [9.17, 15) is 9.18 Å². The Labute approximate surface area is 207 Å². The first-order chi connectivity index (χ1) is 17.5. The minimum atomic E-state index is -0.368. The molecule has 0 aliphatic carbocycles. The number of aryl methyl sites for hydroxylation is 2. The molecule has 1 amide bonds. The Balaban J connectivity index is 1.62. The summed E-state index contributed by atoms with van der Waals surface area (Å²) in [6, 6.07) is 9.54. The van der Waals surface area contributed by atoms with Gasteiger partial charge in [0.25, 0.3) is 5.91 Å². The second kappa shape index (κ2) is 10.1. The predicted molar refractivity (Wildman–Crippen MR) is 133 cm³/mol. The summed E-state index contributed by atoms with van der Waals surface area (Å²) in [7, 11) is 1.56. The molecule has 0 atom stereocenters. The summed E-state index contributed by atoms with van der Waals surface area (Å²) in [5.74, 6) is 0.938. The Morgan fingerprint density at radius 2 is 1.92 bits per heavy atom. The van der Waals surface area contributed by atoms with Crippen molar-refractivity contribution in [2.45, 2.75) is 13.8 Å². The van der Waals surface area contributed by atoms with Gasteiger partial charge in [0.2, 0.25) is 0 Å². The lowest BCUT2D eigenvalue weighted by molar-refractivity contribution is 0.0323. The van der Waals surface area contributed by atoms with Crippen LogP contribution in [0.25, 0.3) is 33.4 Å². The summed E-state index contributed by atoms with van der Waals surface area (Å²) < 4.78 is 36.9. The van der Waals surface area contributed by atoms with Gasteiger partial charge >= 0.3 is 0 Å². The fourth-order valence-corrected chi connectivity index (χ4v) is 4.57. The van der Waals surface area contributed by atoms with Crippen LogP contribution in [0.5, 0.6) is 5.75 Å². The van der Waals surface area contributed by atoms with Gasteiger partial charge in [-0.05, 0) is 50.2 Å². The number of aromatic nitrogens is 1. The van der Waals surface area contributed by atoms with Gasteiger partial charge in [-0.1, -0.05) is 5.16 Å². The van der Waals surface area contributed by atoms with Crippen LogP contribution in [0.4, 0.5) is 4.39 Å². The molecule has 3 heterocycles. The van der Waals surface area contributed by atoms with Gasteiger partial charge in [-0.3, -0.25) is 9.69 Å². The van der Waals surface area contributed by atoms with Crippen LogP contribution in [-0.4, -0.2) is 62.5 Å². The molecule has 36 heavy (non-hydrogen) atoms. The first kappa shape index (κ1) is 24.0. The summed E-state index contributed by atoms with van der Waals surface area (Å²) in [6.45, 7) is 8.08. The Morgan fingerprint density at radius 3 is 2.58 bits per heavy atom. The Morgan fingerprint density at radius 1 is 1.17 bits per heavy atom. The Bertz CT molecular complexity index is 1370. The van der Waals surface area contributed by atoms with Crippen molar-refractivity contribution in [1.29, 1.82) is 0 Å². The average molecular weight is 494 g/mol. The zero-order chi connectivity index (χ0) is 25.2. The smallest absolute Gasteiger partial charge is 0.255 e. The molecule has 0 radical (unpaired) electrons. The van der Waals surface area contributed by atoms with E-state index in [1.165, 1.54) is 12.1 Å². The van der Waals surface area contributed by atoms with Gasteiger partial charge in [-0.15, -0.1) is 0 Å². The maximum atomic E-state index is 13.6. The number of nitrogens with one attached hydrogen (secondary N) is 1. The molecular weight excluding hydrogens is 465 g/mol. The number of hydrogen-bond acceptors (Lipinski definition) is 7. The third kappa shape index (κ3) is 4.59. The molecule has 0 saturated carbocycles. The number of fused-ring (bicyclic) bond motifs is 1. The molecule has 2 aromatic heterocycles. The van der Waals surface area contributed by atoms with Gasteiger partial charge in [0.15, 0.2) is 0 Å². The number of furan rings is 1. The standard InChI is InChI=1S/C27H28FN3O5/c1-16-24(17(2)36-30-16)20-15-23-21(14-22(20)34-13-10-31-8-11-33-12-9-31)25(27(32)29-3)26(35-23)18-4-6-19(28)7-5-18/h4-7,14-15H,8-13H2,1-3H3,(H,29,32). The fraction of sp³-hybridized carbons (Fsp3) is 0.333. The lowest BCUT2D eigenvalue weighted by atomic mass is 9.99.